The van der Waals surface area contributed by atoms with E-state index in [1.54, 1.807) is 11.0 Å². The number of H-pyrrole nitrogens is 1. The van der Waals surface area contributed by atoms with Crippen LogP contribution in [0.5, 0.6) is 0 Å². The first-order chi connectivity index (χ1) is 14.1. The van der Waals surface area contributed by atoms with Crippen molar-refractivity contribution in [2.24, 2.45) is 13.0 Å². The second kappa shape index (κ2) is 6.01. The fourth-order valence-electron chi connectivity index (χ4n) is 4.94. The molecule has 1 saturated carbocycles. The number of fused-ring (bicyclic) bond motifs is 3. The number of aromatic nitrogens is 5. The Hall–Kier alpha value is -2.97. The van der Waals surface area contributed by atoms with Crippen molar-refractivity contribution in [1.82, 2.24) is 29.6 Å². The van der Waals surface area contributed by atoms with Crippen LogP contribution in [0, 0.1) is 5.92 Å². The number of nitrogens with zero attached hydrogens (tertiary/aromatic N) is 6. The fourth-order valence-corrected chi connectivity index (χ4v) is 4.94. The summed E-state index contributed by atoms with van der Waals surface area (Å²) in [6.45, 7) is 1.46. The van der Waals surface area contributed by atoms with Gasteiger partial charge in [0.15, 0.2) is 0 Å². The Morgan fingerprint density at radius 2 is 2.00 bits per heavy atom. The number of aryl methyl sites for hydroxylation is 1. The van der Waals surface area contributed by atoms with E-state index >= 15 is 0 Å². The number of amides is 1. The topological polar surface area (TPSA) is 82.9 Å². The van der Waals surface area contributed by atoms with Crippen molar-refractivity contribution >= 4 is 22.8 Å². The van der Waals surface area contributed by atoms with Gasteiger partial charge in [-0.3, -0.25) is 9.48 Å². The molecule has 2 aliphatic heterocycles. The number of piperazine rings is 1. The van der Waals surface area contributed by atoms with Gasteiger partial charge in [-0.2, -0.15) is 5.10 Å². The van der Waals surface area contributed by atoms with Crippen LogP contribution in [0.4, 0.5) is 10.2 Å². The Bertz CT molecular complexity index is 1090. The molecule has 5 heterocycles. The van der Waals surface area contributed by atoms with E-state index in [2.05, 4.69) is 31.0 Å². The van der Waals surface area contributed by atoms with Crippen molar-refractivity contribution in [2.45, 2.75) is 37.5 Å². The number of anilines is 1. The van der Waals surface area contributed by atoms with E-state index in [0.717, 1.165) is 54.0 Å². The molecule has 3 unspecified atom stereocenters. The minimum atomic E-state index is -0.938. The lowest BCUT2D eigenvalue weighted by Crippen LogP contribution is -2.56. The van der Waals surface area contributed by atoms with E-state index in [0.29, 0.717) is 6.42 Å². The first-order valence-electron chi connectivity index (χ1n) is 10.1. The van der Waals surface area contributed by atoms with Crippen molar-refractivity contribution in [2.75, 3.05) is 18.0 Å². The van der Waals surface area contributed by atoms with Crippen molar-refractivity contribution < 1.29 is 9.18 Å². The third-order valence-electron chi connectivity index (χ3n) is 6.49. The molecule has 3 fully saturated rings. The Kier molecular flexibility index (Phi) is 3.51. The largest absolute Gasteiger partial charge is 0.352 e. The maximum absolute atomic E-state index is 13.4. The van der Waals surface area contributed by atoms with Gasteiger partial charge >= 0.3 is 0 Å². The van der Waals surface area contributed by atoms with Crippen LogP contribution in [-0.4, -0.2) is 66.9 Å². The summed E-state index contributed by atoms with van der Waals surface area (Å²) in [5.74, 6) is 0.500. The molecule has 6 rings (SSSR count). The van der Waals surface area contributed by atoms with Gasteiger partial charge in [0.05, 0.1) is 23.2 Å². The summed E-state index contributed by atoms with van der Waals surface area (Å²) >= 11 is 0. The van der Waals surface area contributed by atoms with Crippen LogP contribution in [0.25, 0.3) is 22.3 Å². The fraction of sp³-hybridized carbons (Fsp3) is 0.500. The number of nitrogens with one attached hydrogen (secondary N) is 1. The summed E-state index contributed by atoms with van der Waals surface area (Å²) in [5, 5.41) is 5.21. The number of hydrogen-bond donors (Lipinski definition) is 1. The Balaban J connectivity index is 1.31. The molecule has 9 heteroatoms. The van der Waals surface area contributed by atoms with Crippen molar-refractivity contribution in [3.8, 4) is 11.3 Å². The van der Waals surface area contributed by atoms with Gasteiger partial charge < -0.3 is 14.8 Å². The molecule has 1 N–H and O–H groups in total. The lowest BCUT2D eigenvalue weighted by molar-refractivity contribution is -0.136. The summed E-state index contributed by atoms with van der Waals surface area (Å²) in [5.41, 5.74) is 2.74. The van der Waals surface area contributed by atoms with Gasteiger partial charge in [-0.05, 0) is 25.3 Å². The van der Waals surface area contributed by atoms with Crippen LogP contribution in [0.15, 0.2) is 24.8 Å². The molecule has 150 valence electrons. The minimum Gasteiger partial charge on any atom is -0.352 e. The van der Waals surface area contributed by atoms with Crippen LogP contribution < -0.4 is 4.90 Å². The van der Waals surface area contributed by atoms with Gasteiger partial charge in [-0.15, -0.1) is 0 Å². The van der Waals surface area contributed by atoms with E-state index in [9.17, 15) is 9.18 Å². The number of alkyl halides is 1. The molecule has 2 bridgehead atoms. The number of hydrogen-bond acceptors (Lipinski definition) is 5. The van der Waals surface area contributed by atoms with Crippen LogP contribution in [0.2, 0.25) is 0 Å². The normalized spacial score (nSPS) is 28.3. The molecule has 0 spiro atoms. The predicted molar refractivity (Wildman–Crippen MR) is 105 cm³/mol. The maximum atomic E-state index is 13.4. The Morgan fingerprint density at radius 3 is 2.66 bits per heavy atom. The average molecular weight is 395 g/mol. The number of carbonyl (C=O) groups excluding carboxylic acids is 1. The summed E-state index contributed by atoms with van der Waals surface area (Å²) in [4.78, 5) is 29.2. The molecule has 0 aromatic carbocycles. The number of halogens is 1. The van der Waals surface area contributed by atoms with E-state index < -0.39 is 12.1 Å². The Morgan fingerprint density at radius 1 is 1.24 bits per heavy atom. The quantitative estimate of drug-likeness (QED) is 0.732. The zero-order chi connectivity index (χ0) is 19.7. The molecule has 1 amide bonds. The first kappa shape index (κ1) is 16.9. The highest BCUT2D eigenvalue weighted by Crippen LogP contribution is 2.41. The average Bonchev–Trinajstić information content (AvgIpc) is 3.04. The van der Waals surface area contributed by atoms with Crippen molar-refractivity contribution in [1.29, 1.82) is 0 Å². The molecule has 3 aromatic heterocycles. The molecular weight excluding hydrogens is 373 g/mol. The van der Waals surface area contributed by atoms with Crippen LogP contribution in [-0.2, 0) is 11.8 Å². The molecule has 2 saturated heterocycles. The summed E-state index contributed by atoms with van der Waals surface area (Å²) < 4.78 is 15.2. The summed E-state index contributed by atoms with van der Waals surface area (Å²) in [7, 11) is 1.89. The molecule has 0 radical (unpaired) electrons. The van der Waals surface area contributed by atoms with Crippen molar-refractivity contribution in [3.05, 3.63) is 24.8 Å². The summed E-state index contributed by atoms with van der Waals surface area (Å²) in [6.07, 6.45) is 6.76. The highest BCUT2D eigenvalue weighted by molar-refractivity contribution is 5.92. The van der Waals surface area contributed by atoms with E-state index in [1.807, 2.05) is 24.3 Å². The number of carbonyl (C=O) groups is 1. The molecule has 29 heavy (non-hydrogen) atoms. The predicted octanol–water partition coefficient (Wildman–Crippen LogP) is 1.90. The molecule has 3 aromatic rings. The molecule has 8 nitrogen and oxygen atoms in total. The smallest absolute Gasteiger partial charge is 0.229 e. The zero-order valence-corrected chi connectivity index (χ0v) is 16.1. The summed E-state index contributed by atoms with van der Waals surface area (Å²) in [6, 6.07) is 2.34. The number of rotatable bonds is 3. The lowest BCUT2D eigenvalue weighted by atomic mass is 10.1. The molecule has 4 atom stereocenters. The first-order valence-corrected chi connectivity index (χ1v) is 10.1. The minimum absolute atomic E-state index is 0.0120. The van der Waals surface area contributed by atoms with Gasteiger partial charge in [0.2, 0.25) is 5.91 Å². The van der Waals surface area contributed by atoms with E-state index in [4.69, 9.17) is 0 Å². The second-order valence-corrected chi connectivity index (χ2v) is 8.44. The second-order valence-electron chi connectivity index (χ2n) is 8.44. The third kappa shape index (κ3) is 2.63. The van der Waals surface area contributed by atoms with Crippen LogP contribution in [0.3, 0.4) is 0 Å². The van der Waals surface area contributed by atoms with Crippen molar-refractivity contribution in [3.63, 3.8) is 0 Å². The van der Waals surface area contributed by atoms with Gasteiger partial charge in [-0.1, -0.05) is 0 Å². The van der Waals surface area contributed by atoms with Gasteiger partial charge in [0, 0.05) is 44.0 Å². The van der Waals surface area contributed by atoms with Crippen LogP contribution >= 0.6 is 0 Å². The zero-order valence-electron chi connectivity index (χ0n) is 16.1. The third-order valence-corrected chi connectivity index (χ3v) is 6.49. The Labute approximate surface area is 166 Å². The maximum Gasteiger partial charge on any atom is 0.229 e. The van der Waals surface area contributed by atoms with E-state index in [1.165, 1.54) is 0 Å². The van der Waals surface area contributed by atoms with Crippen LogP contribution in [0.1, 0.15) is 19.3 Å². The molecule has 3 aliphatic rings. The molecule has 1 aliphatic carbocycles. The highest BCUT2D eigenvalue weighted by atomic mass is 19.1. The SMILES string of the molecule is Cn1cc(-c2cc3c(N4CC5CCC(C4)N5C(=O)C4C[C@H]4F)ncnc3[nH]2)cn1. The monoisotopic (exact) mass is 395 g/mol. The van der Waals surface area contributed by atoms with Gasteiger partial charge in [-0.25, -0.2) is 14.4 Å². The van der Waals surface area contributed by atoms with Gasteiger partial charge in [0.25, 0.3) is 0 Å². The standard InChI is InChI=1S/C20H22FN7O/c1-26-7-11(6-24-26)17-5-15-18(25-17)22-10-23-19(15)27-8-12-2-3-13(9-27)28(12)20(29)14-4-16(14)21/h5-7,10,12-14,16H,2-4,8-9H2,1H3,(H,22,23,25)/t12?,13?,14?,16-/m1/s1. The van der Waals surface area contributed by atoms with Gasteiger partial charge in [0.1, 0.15) is 24.0 Å². The van der Waals surface area contributed by atoms with E-state index in [-0.39, 0.29) is 18.0 Å². The highest BCUT2D eigenvalue weighted by Gasteiger charge is 2.51. The lowest BCUT2D eigenvalue weighted by Gasteiger charge is -2.41. The number of aromatic amines is 1. The molecular formula is C20H22FN7O.